The number of hydrogen-bond donors (Lipinski definition) is 0. The molecule has 3 aromatic carbocycles. The topological polar surface area (TPSA) is 52.5 Å². The number of benzene rings is 3. The molecule has 0 bridgehead atoms. The largest absolute Gasteiger partial charge is 0.466 e. The average molecular weight is 900 g/mol. The van der Waals surface area contributed by atoms with Crippen molar-refractivity contribution in [2.45, 2.75) is 150 Å². The molecule has 54 heavy (non-hydrogen) atoms. The summed E-state index contributed by atoms with van der Waals surface area (Å²) in [5.74, 6) is 3.28. The maximum Gasteiger partial charge on any atom is 0.135 e. The number of furan rings is 1. The molecular formula is C49H61IrN3O-2. The Morgan fingerprint density at radius 2 is 1.56 bits per heavy atom. The molecule has 0 unspecified atom stereocenters. The van der Waals surface area contributed by atoms with Crippen LogP contribution in [0.3, 0.4) is 0 Å². The van der Waals surface area contributed by atoms with Gasteiger partial charge in [-0.1, -0.05) is 135 Å². The first-order valence-corrected chi connectivity index (χ1v) is 20.7. The van der Waals surface area contributed by atoms with Gasteiger partial charge in [0.1, 0.15) is 11.3 Å². The number of aryl methyl sites for hydroxylation is 3. The van der Waals surface area contributed by atoms with Crippen molar-refractivity contribution in [3.05, 3.63) is 93.3 Å². The van der Waals surface area contributed by atoms with Crippen LogP contribution >= 0.6 is 0 Å². The molecule has 2 heterocycles. The number of hydrogen-bond acceptors (Lipinski definition) is 3. The second-order valence-electron chi connectivity index (χ2n) is 17.7. The molecule has 2 fully saturated rings. The third kappa shape index (κ3) is 8.29. The molecule has 5 aromatic rings. The number of fused-ring (bicyclic) bond motifs is 6. The van der Waals surface area contributed by atoms with Gasteiger partial charge in [-0.25, -0.2) is 0 Å². The Morgan fingerprint density at radius 3 is 2.24 bits per heavy atom. The molecule has 0 amide bonds. The van der Waals surface area contributed by atoms with Gasteiger partial charge < -0.3 is 14.7 Å². The van der Waals surface area contributed by atoms with E-state index in [1.807, 2.05) is 6.07 Å². The van der Waals surface area contributed by atoms with Crippen molar-refractivity contribution < 1.29 is 24.5 Å². The van der Waals surface area contributed by atoms with Crippen LogP contribution in [0, 0.1) is 38.7 Å². The van der Waals surface area contributed by atoms with Gasteiger partial charge in [0.15, 0.2) is 0 Å². The number of amidine groups is 1. The number of aliphatic imine (C=N–C) groups is 1. The van der Waals surface area contributed by atoms with Crippen LogP contribution in [-0.4, -0.2) is 22.9 Å². The predicted octanol–water partition coefficient (Wildman–Crippen LogP) is 14.0. The molecule has 2 saturated carbocycles. The molecule has 2 aromatic heterocycles. The van der Waals surface area contributed by atoms with Crippen LogP contribution < -0.4 is 0 Å². The zero-order chi connectivity index (χ0) is 37.4. The van der Waals surface area contributed by atoms with Crippen molar-refractivity contribution in [1.82, 2.24) is 4.98 Å². The Balaban J connectivity index is 0.000000222. The minimum Gasteiger partial charge on any atom is -0.466 e. The maximum atomic E-state index is 6.51. The van der Waals surface area contributed by atoms with Gasteiger partial charge in [0.2, 0.25) is 0 Å². The van der Waals surface area contributed by atoms with Crippen LogP contribution in [0.15, 0.2) is 57.9 Å². The van der Waals surface area contributed by atoms with Crippen LogP contribution in [-0.2, 0) is 31.9 Å². The molecule has 0 saturated heterocycles. The molecule has 3 aliphatic carbocycles. The van der Waals surface area contributed by atoms with E-state index in [1.165, 1.54) is 114 Å². The second-order valence-corrected chi connectivity index (χ2v) is 17.7. The summed E-state index contributed by atoms with van der Waals surface area (Å²) in [7, 11) is 0. The molecule has 0 aliphatic heterocycles. The van der Waals surface area contributed by atoms with E-state index in [2.05, 4.69) is 111 Å². The number of aromatic nitrogens is 1. The predicted molar refractivity (Wildman–Crippen MR) is 225 cm³/mol. The molecule has 1 radical (unpaired) electrons. The van der Waals surface area contributed by atoms with Gasteiger partial charge in [-0.05, 0) is 103 Å². The first-order valence-electron chi connectivity index (χ1n) is 20.7. The van der Waals surface area contributed by atoms with Gasteiger partial charge in [0.25, 0.3) is 0 Å². The van der Waals surface area contributed by atoms with Gasteiger partial charge in [0.05, 0.1) is 5.52 Å². The Bertz CT molecular complexity index is 2120. The zero-order valence-electron chi connectivity index (χ0n) is 34.3. The van der Waals surface area contributed by atoms with Crippen molar-refractivity contribution in [3.63, 3.8) is 0 Å². The summed E-state index contributed by atoms with van der Waals surface area (Å²) < 4.78 is 6.51. The van der Waals surface area contributed by atoms with E-state index in [4.69, 9.17) is 19.7 Å². The quantitative estimate of drug-likeness (QED) is 0.0968. The summed E-state index contributed by atoms with van der Waals surface area (Å²) in [6.07, 6.45) is 14.5. The molecule has 5 heteroatoms. The van der Waals surface area contributed by atoms with E-state index in [9.17, 15) is 0 Å². The second kappa shape index (κ2) is 16.8. The summed E-state index contributed by atoms with van der Waals surface area (Å²) >= 11 is 0. The van der Waals surface area contributed by atoms with Crippen molar-refractivity contribution >= 4 is 27.7 Å². The fourth-order valence-corrected chi connectivity index (χ4v) is 9.46. The summed E-state index contributed by atoms with van der Waals surface area (Å²) in [6, 6.07) is 22.3. The number of nitrogens with zero attached hydrogens (tertiary/aromatic N) is 3. The SMILES string of the molecule is CC(C)C(=NC1CCCCC1)[N-]C1CCCCC1.Cc1cc(C)c2c(C)cc(-c3[c-]ccc4c3C(C)(C)c3c-4oc4ccc(CC(C)C)cc34)nc2c1.[Ir]. The van der Waals surface area contributed by atoms with Crippen molar-refractivity contribution in [2.75, 3.05) is 0 Å². The third-order valence-electron chi connectivity index (χ3n) is 11.9. The standard InChI is InChI=1S/C33H32NO.C16H29N2.Ir/c1-18(2)13-22-11-12-28-25(17-22)31-32(35-28)24-10-8-9-23(30(24)33(31,6)7)26-16-21(5)29-20(4)14-19(3)15-27(29)34-26;1-13(2)16(17-14-9-5-3-6-10-14)18-15-11-7-4-8-12-15;/h8,10-12,14-18H,13H2,1-7H3;13-15H,3-12H2,1-2H3;/q2*-1;. The normalized spacial score (nSPS) is 17.4. The summed E-state index contributed by atoms with van der Waals surface area (Å²) in [5, 5.41) is 7.47. The van der Waals surface area contributed by atoms with E-state index < -0.39 is 0 Å². The summed E-state index contributed by atoms with van der Waals surface area (Å²) in [6.45, 7) is 20.2. The fraction of sp³-hybridized carbons (Fsp3) is 0.510. The third-order valence-corrected chi connectivity index (χ3v) is 11.9. The molecule has 0 atom stereocenters. The first-order chi connectivity index (χ1) is 25.4. The van der Waals surface area contributed by atoms with Crippen molar-refractivity contribution in [2.24, 2.45) is 16.8 Å². The maximum absolute atomic E-state index is 6.51. The van der Waals surface area contributed by atoms with Gasteiger partial charge in [-0.2, -0.15) is 0 Å². The minimum atomic E-state index is -0.216. The minimum absolute atomic E-state index is 0. The van der Waals surface area contributed by atoms with Crippen molar-refractivity contribution in [1.29, 1.82) is 0 Å². The molecule has 0 N–H and O–H groups in total. The monoisotopic (exact) mass is 900 g/mol. The molecule has 8 rings (SSSR count). The summed E-state index contributed by atoms with van der Waals surface area (Å²) in [4.78, 5) is 10.1. The fourth-order valence-electron chi connectivity index (χ4n) is 9.46. The smallest absolute Gasteiger partial charge is 0.135 e. The first kappa shape index (κ1) is 40.4. The van der Waals surface area contributed by atoms with Crippen molar-refractivity contribution in [3.8, 4) is 22.6 Å². The zero-order valence-corrected chi connectivity index (χ0v) is 36.7. The van der Waals surface area contributed by atoms with Crippen LogP contribution in [0.4, 0.5) is 0 Å². The molecule has 0 spiro atoms. The van der Waals surface area contributed by atoms with E-state index >= 15 is 0 Å². The summed E-state index contributed by atoms with van der Waals surface area (Å²) in [5.41, 5.74) is 12.7. The molecular weight excluding hydrogens is 839 g/mol. The van der Waals surface area contributed by atoms with E-state index in [-0.39, 0.29) is 25.5 Å². The van der Waals surface area contributed by atoms with Crippen LogP contribution in [0.5, 0.6) is 0 Å². The molecule has 3 aliphatic rings. The average Bonchev–Trinajstić information content (AvgIpc) is 3.61. The Labute approximate surface area is 338 Å². The van der Waals surface area contributed by atoms with Gasteiger partial charge in [-0.3, -0.25) is 4.98 Å². The van der Waals surface area contributed by atoms with E-state index in [0.29, 0.717) is 23.9 Å². The van der Waals surface area contributed by atoms with Crippen LogP contribution in [0.1, 0.15) is 139 Å². The van der Waals surface area contributed by atoms with E-state index in [0.717, 1.165) is 40.4 Å². The van der Waals surface area contributed by atoms with Gasteiger partial charge in [0, 0.05) is 36.4 Å². The number of rotatable bonds is 6. The Hall–Kier alpha value is -3.27. The van der Waals surface area contributed by atoms with Gasteiger partial charge in [-0.15, -0.1) is 29.3 Å². The van der Waals surface area contributed by atoms with Gasteiger partial charge >= 0.3 is 0 Å². The molecule has 289 valence electrons. The Kier molecular flexibility index (Phi) is 12.6. The molecule has 4 nitrogen and oxygen atoms in total. The van der Waals surface area contributed by atoms with Crippen LogP contribution in [0.2, 0.25) is 0 Å². The van der Waals surface area contributed by atoms with E-state index in [1.54, 1.807) is 0 Å². The van der Waals surface area contributed by atoms with Crippen LogP contribution in [0.25, 0.3) is 49.8 Å². The Morgan fingerprint density at radius 1 is 0.870 bits per heavy atom. The number of pyridine rings is 1.